The first-order chi connectivity index (χ1) is 13.3. The second-order valence-electron chi connectivity index (χ2n) is 6.12. The van der Waals surface area contributed by atoms with E-state index in [0.29, 0.717) is 26.6 Å². The summed E-state index contributed by atoms with van der Waals surface area (Å²) in [6.45, 7) is 1.90. The second-order valence-corrected chi connectivity index (χ2v) is 7.38. The Labute approximate surface area is 173 Å². The fourth-order valence-corrected chi connectivity index (χ4v) is 3.42. The minimum atomic E-state index is -0.836. The highest BCUT2D eigenvalue weighted by atomic mass is 79.9. The maximum Gasteiger partial charge on any atom is 0.335 e. The first-order valence-electron chi connectivity index (χ1n) is 8.12. The van der Waals surface area contributed by atoms with Gasteiger partial charge in [0.25, 0.3) is 11.8 Å². The molecule has 1 fully saturated rings. The highest BCUT2D eigenvalue weighted by Crippen LogP contribution is 2.38. The molecule has 2 aromatic rings. The molecule has 0 aliphatic carbocycles. The lowest BCUT2D eigenvalue weighted by atomic mass is 10.1. The second kappa shape index (κ2) is 6.96. The summed E-state index contributed by atoms with van der Waals surface area (Å²) < 4.78 is 11.2. The van der Waals surface area contributed by atoms with Crippen molar-refractivity contribution in [1.29, 1.82) is 0 Å². The summed E-state index contributed by atoms with van der Waals surface area (Å²) in [5.41, 5.74) is 1.39. The number of barbiturate groups is 1. The number of aryl methyl sites for hydroxylation is 1. The molecule has 0 atom stereocenters. The van der Waals surface area contributed by atoms with Crippen molar-refractivity contribution in [2.45, 2.75) is 6.92 Å². The van der Waals surface area contributed by atoms with E-state index in [1.165, 1.54) is 12.1 Å². The number of benzene rings is 2. The molecule has 0 unspecified atom stereocenters. The van der Waals surface area contributed by atoms with Crippen molar-refractivity contribution in [3.05, 3.63) is 56.5 Å². The van der Waals surface area contributed by atoms with Gasteiger partial charge in [-0.25, -0.2) is 9.69 Å². The largest absolute Gasteiger partial charge is 0.454 e. The van der Waals surface area contributed by atoms with Crippen LogP contribution in [0.4, 0.5) is 10.5 Å². The zero-order valence-corrected chi connectivity index (χ0v) is 16.8. The average molecular weight is 464 g/mol. The first-order valence-corrected chi connectivity index (χ1v) is 9.29. The maximum atomic E-state index is 13.0. The van der Waals surface area contributed by atoms with E-state index < -0.39 is 17.8 Å². The van der Waals surface area contributed by atoms with Gasteiger partial charge in [-0.3, -0.25) is 14.9 Å². The lowest BCUT2D eigenvalue weighted by Gasteiger charge is -2.26. The number of nitrogens with one attached hydrogen (secondary N) is 1. The number of hydrogen-bond acceptors (Lipinski definition) is 5. The van der Waals surface area contributed by atoms with E-state index in [-0.39, 0.29) is 18.1 Å². The molecular formula is C19H12BrClN2O5. The third-order valence-electron chi connectivity index (χ3n) is 4.31. The van der Waals surface area contributed by atoms with Crippen molar-refractivity contribution in [3.8, 4) is 11.5 Å². The highest BCUT2D eigenvalue weighted by molar-refractivity contribution is 9.10. The minimum absolute atomic E-state index is 0.0949. The number of hydrogen-bond donors (Lipinski definition) is 1. The summed E-state index contributed by atoms with van der Waals surface area (Å²) in [6, 6.07) is 7.26. The van der Waals surface area contributed by atoms with E-state index in [0.717, 1.165) is 10.5 Å². The third-order valence-corrected chi connectivity index (χ3v) is 5.40. The van der Waals surface area contributed by atoms with Crippen molar-refractivity contribution in [2.75, 3.05) is 11.7 Å². The van der Waals surface area contributed by atoms with Crippen LogP contribution in [0.25, 0.3) is 6.08 Å². The topological polar surface area (TPSA) is 84.9 Å². The predicted octanol–water partition coefficient (Wildman–Crippen LogP) is 3.81. The Morgan fingerprint density at radius 3 is 2.57 bits per heavy atom. The molecule has 142 valence electrons. The van der Waals surface area contributed by atoms with Gasteiger partial charge in [-0.05, 0) is 48.4 Å². The molecule has 2 heterocycles. The van der Waals surface area contributed by atoms with Gasteiger partial charge in [-0.15, -0.1) is 0 Å². The normalized spacial score (nSPS) is 17.3. The number of carbonyl (C=O) groups is 3. The van der Waals surface area contributed by atoms with Gasteiger partial charge in [0.15, 0.2) is 11.5 Å². The summed E-state index contributed by atoms with van der Waals surface area (Å²) in [5, 5.41) is 2.58. The molecule has 4 amide bonds. The molecule has 28 heavy (non-hydrogen) atoms. The molecule has 1 N–H and O–H groups in total. The molecule has 0 bridgehead atoms. The zero-order chi connectivity index (χ0) is 20.0. The van der Waals surface area contributed by atoms with Crippen molar-refractivity contribution in [2.24, 2.45) is 0 Å². The van der Waals surface area contributed by atoms with E-state index in [9.17, 15) is 14.4 Å². The molecule has 1 saturated heterocycles. The molecule has 2 aromatic carbocycles. The van der Waals surface area contributed by atoms with Crippen LogP contribution in [0.3, 0.4) is 0 Å². The van der Waals surface area contributed by atoms with Crippen LogP contribution in [0.2, 0.25) is 5.02 Å². The summed E-state index contributed by atoms with van der Waals surface area (Å²) in [6.07, 6.45) is 1.39. The summed E-state index contributed by atoms with van der Waals surface area (Å²) in [5.74, 6) is -0.483. The molecule has 0 aromatic heterocycles. The number of amides is 4. The van der Waals surface area contributed by atoms with Crippen LogP contribution in [-0.4, -0.2) is 24.6 Å². The molecule has 2 aliphatic heterocycles. The van der Waals surface area contributed by atoms with Gasteiger partial charge in [0, 0.05) is 9.50 Å². The van der Waals surface area contributed by atoms with E-state index in [4.69, 9.17) is 21.1 Å². The number of nitrogens with zero attached hydrogens (tertiary/aromatic N) is 1. The molecule has 2 aliphatic rings. The van der Waals surface area contributed by atoms with Crippen molar-refractivity contribution in [1.82, 2.24) is 5.32 Å². The van der Waals surface area contributed by atoms with E-state index in [1.54, 1.807) is 31.2 Å². The first kappa shape index (κ1) is 18.5. The van der Waals surface area contributed by atoms with Gasteiger partial charge in [-0.1, -0.05) is 33.6 Å². The lowest BCUT2D eigenvalue weighted by molar-refractivity contribution is -0.122. The monoisotopic (exact) mass is 462 g/mol. The Morgan fingerprint density at radius 1 is 1.14 bits per heavy atom. The number of carbonyl (C=O) groups excluding carboxylic acids is 3. The molecule has 0 radical (unpaired) electrons. The van der Waals surface area contributed by atoms with Crippen molar-refractivity contribution >= 4 is 57.1 Å². The Morgan fingerprint density at radius 2 is 1.86 bits per heavy atom. The molecule has 0 saturated carbocycles. The van der Waals surface area contributed by atoms with E-state index in [2.05, 4.69) is 21.2 Å². The Kier molecular flexibility index (Phi) is 4.60. The van der Waals surface area contributed by atoms with Crippen molar-refractivity contribution < 1.29 is 23.9 Å². The number of urea groups is 1. The Balaban J connectivity index is 1.76. The van der Waals surface area contributed by atoms with E-state index in [1.807, 2.05) is 0 Å². The fourth-order valence-electron chi connectivity index (χ4n) is 2.81. The van der Waals surface area contributed by atoms with Crippen LogP contribution in [0.15, 0.2) is 40.4 Å². The van der Waals surface area contributed by atoms with Gasteiger partial charge in [0.05, 0.1) is 5.69 Å². The van der Waals surface area contributed by atoms with Gasteiger partial charge < -0.3 is 9.47 Å². The smallest absolute Gasteiger partial charge is 0.335 e. The molecule has 9 heteroatoms. The van der Waals surface area contributed by atoms with Gasteiger partial charge in [0.1, 0.15) is 5.57 Å². The van der Waals surface area contributed by atoms with Crippen LogP contribution < -0.4 is 19.7 Å². The predicted molar refractivity (Wildman–Crippen MR) is 105 cm³/mol. The number of fused-ring (bicyclic) bond motifs is 1. The highest BCUT2D eigenvalue weighted by Gasteiger charge is 2.37. The Bertz CT molecular complexity index is 1080. The Hall–Kier alpha value is -2.84. The summed E-state index contributed by atoms with van der Waals surface area (Å²) in [4.78, 5) is 38.4. The molecule has 7 nitrogen and oxygen atoms in total. The van der Waals surface area contributed by atoms with Crippen molar-refractivity contribution in [3.63, 3.8) is 0 Å². The summed E-state index contributed by atoms with van der Waals surface area (Å²) in [7, 11) is 0. The van der Waals surface area contributed by atoms with Crippen LogP contribution >= 0.6 is 27.5 Å². The van der Waals surface area contributed by atoms with Gasteiger partial charge >= 0.3 is 6.03 Å². The average Bonchev–Trinajstić information content (AvgIpc) is 3.08. The van der Waals surface area contributed by atoms with Crippen LogP contribution in [0.5, 0.6) is 11.5 Å². The molecule has 0 spiro atoms. The maximum absolute atomic E-state index is 13.0. The van der Waals surface area contributed by atoms with Gasteiger partial charge in [0.2, 0.25) is 6.79 Å². The fraction of sp³-hybridized carbons (Fsp3) is 0.105. The minimum Gasteiger partial charge on any atom is -0.454 e. The number of rotatable bonds is 2. The SMILES string of the molecule is Cc1ccc(N2C(=O)NC(=O)/C(=C\c3cc4c(cc3Br)OCO4)C2=O)cc1Cl. The quantitative estimate of drug-likeness (QED) is 0.541. The van der Waals surface area contributed by atoms with Crippen LogP contribution in [0.1, 0.15) is 11.1 Å². The number of imide groups is 2. The van der Waals surface area contributed by atoms with Crippen LogP contribution in [0, 0.1) is 6.92 Å². The molecular weight excluding hydrogens is 452 g/mol. The van der Waals surface area contributed by atoms with Crippen LogP contribution in [-0.2, 0) is 9.59 Å². The summed E-state index contributed by atoms with van der Waals surface area (Å²) >= 11 is 9.50. The molecule has 4 rings (SSSR count). The number of anilines is 1. The number of halogens is 2. The lowest BCUT2D eigenvalue weighted by Crippen LogP contribution is -2.54. The zero-order valence-electron chi connectivity index (χ0n) is 14.4. The third kappa shape index (κ3) is 3.14. The van der Waals surface area contributed by atoms with Gasteiger partial charge in [-0.2, -0.15) is 0 Å². The standard InChI is InChI=1S/C19H12BrClN2O5/c1-9-2-3-11(6-14(9)21)23-18(25)12(17(24)22-19(23)26)4-10-5-15-16(7-13(10)20)28-8-27-15/h2-7H,8H2,1H3,(H,22,24,26)/b12-4+. The van der Waals surface area contributed by atoms with E-state index >= 15 is 0 Å². The number of ether oxygens (including phenoxy) is 2.